The summed E-state index contributed by atoms with van der Waals surface area (Å²) in [6, 6.07) is 0. The van der Waals surface area contributed by atoms with Crippen molar-refractivity contribution < 1.29 is 9.53 Å². The van der Waals surface area contributed by atoms with Gasteiger partial charge in [-0.05, 0) is 40.8 Å². The number of hydrogen-bond donors (Lipinski definition) is 1. The molecule has 0 aromatic carbocycles. The van der Waals surface area contributed by atoms with Gasteiger partial charge >= 0.3 is 5.97 Å². The first-order chi connectivity index (χ1) is 5.45. The van der Waals surface area contributed by atoms with Crippen molar-refractivity contribution in [1.82, 2.24) is 5.32 Å². The average Bonchev–Trinajstić information content (AvgIpc) is 1.84. The number of carbonyl (C=O) groups is 1. The van der Waals surface area contributed by atoms with Gasteiger partial charge in [0, 0.05) is 6.42 Å². The van der Waals surface area contributed by atoms with Crippen molar-refractivity contribution in [3.05, 3.63) is 0 Å². The summed E-state index contributed by atoms with van der Waals surface area (Å²) in [5.41, 5.74) is -0.350. The highest BCUT2D eigenvalue weighted by Gasteiger charge is 2.15. The van der Waals surface area contributed by atoms with Crippen molar-refractivity contribution in [3.8, 4) is 0 Å². The highest BCUT2D eigenvalue weighted by Crippen LogP contribution is 2.08. The minimum Gasteiger partial charge on any atom is -0.460 e. The third-order valence-electron chi connectivity index (χ3n) is 1.23. The maximum atomic E-state index is 11.1. The Morgan fingerprint density at radius 2 is 2.00 bits per heavy atom. The van der Waals surface area contributed by atoms with Gasteiger partial charge in [0.05, 0.1) is 0 Å². The Morgan fingerprint density at radius 1 is 1.42 bits per heavy atom. The standard InChI is InChI=1S/C9H19NO2/c1-9(2,3)12-8(11)6-5-7-10-4/h10H,5-7H2,1-4H3. The predicted octanol–water partition coefficient (Wildman–Crippen LogP) is 1.33. The summed E-state index contributed by atoms with van der Waals surface area (Å²) in [5.74, 6) is -0.113. The summed E-state index contributed by atoms with van der Waals surface area (Å²) < 4.78 is 5.12. The van der Waals surface area contributed by atoms with Crippen LogP contribution in [-0.2, 0) is 9.53 Å². The van der Waals surface area contributed by atoms with Gasteiger partial charge in [0.1, 0.15) is 5.60 Å². The molecule has 12 heavy (non-hydrogen) atoms. The van der Waals surface area contributed by atoms with E-state index in [0.717, 1.165) is 13.0 Å². The normalized spacial score (nSPS) is 11.3. The minimum atomic E-state index is -0.350. The molecule has 0 heterocycles. The van der Waals surface area contributed by atoms with E-state index in [0.29, 0.717) is 6.42 Å². The lowest BCUT2D eigenvalue weighted by Gasteiger charge is -2.19. The maximum absolute atomic E-state index is 11.1. The monoisotopic (exact) mass is 173 g/mol. The molecule has 0 bridgehead atoms. The quantitative estimate of drug-likeness (QED) is 0.515. The molecule has 72 valence electrons. The number of ether oxygens (including phenoxy) is 1. The van der Waals surface area contributed by atoms with E-state index < -0.39 is 0 Å². The molecule has 0 aliphatic carbocycles. The van der Waals surface area contributed by atoms with Crippen LogP contribution in [-0.4, -0.2) is 25.2 Å². The van der Waals surface area contributed by atoms with Gasteiger partial charge in [-0.25, -0.2) is 0 Å². The van der Waals surface area contributed by atoms with Crippen molar-refractivity contribution in [2.75, 3.05) is 13.6 Å². The second-order valence-electron chi connectivity index (χ2n) is 3.79. The summed E-state index contributed by atoms with van der Waals surface area (Å²) in [4.78, 5) is 11.1. The zero-order valence-corrected chi connectivity index (χ0v) is 8.44. The third-order valence-corrected chi connectivity index (χ3v) is 1.23. The SMILES string of the molecule is CNCCCC(=O)OC(C)(C)C. The van der Waals surface area contributed by atoms with Gasteiger partial charge < -0.3 is 10.1 Å². The highest BCUT2D eigenvalue weighted by molar-refractivity contribution is 5.69. The Hall–Kier alpha value is -0.570. The van der Waals surface area contributed by atoms with Crippen LogP contribution in [0.15, 0.2) is 0 Å². The minimum absolute atomic E-state index is 0.113. The van der Waals surface area contributed by atoms with E-state index in [2.05, 4.69) is 5.32 Å². The summed E-state index contributed by atoms with van der Waals surface area (Å²) in [6.07, 6.45) is 1.34. The fourth-order valence-corrected chi connectivity index (χ4v) is 0.802. The van der Waals surface area contributed by atoms with Crippen LogP contribution in [0.25, 0.3) is 0 Å². The molecule has 0 aliphatic heterocycles. The van der Waals surface area contributed by atoms with E-state index in [1.54, 1.807) is 0 Å². The molecule has 0 rings (SSSR count). The van der Waals surface area contributed by atoms with Crippen molar-refractivity contribution in [1.29, 1.82) is 0 Å². The maximum Gasteiger partial charge on any atom is 0.306 e. The molecule has 0 spiro atoms. The molecule has 0 aliphatic rings. The van der Waals surface area contributed by atoms with Gasteiger partial charge in [-0.1, -0.05) is 0 Å². The van der Waals surface area contributed by atoms with Crippen molar-refractivity contribution in [2.24, 2.45) is 0 Å². The predicted molar refractivity (Wildman–Crippen MR) is 49.0 cm³/mol. The van der Waals surface area contributed by atoms with Crippen LogP contribution in [0.3, 0.4) is 0 Å². The summed E-state index contributed by atoms with van der Waals surface area (Å²) >= 11 is 0. The van der Waals surface area contributed by atoms with Gasteiger partial charge in [-0.3, -0.25) is 4.79 Å². The molecule has 1 N–H and O–H groups in total. The van der Waals surface area contributed by atoms with Gasteiger partial charge in [0.15, 0.2) is 0 Å². The fourth-order valence-electron chi connectivity index (χ4n) is 0.802. The first-order valence-corrected chi connectivity index (χ1v) is 4.32. The molecule has 0 unspecified atom stereocenters. The zero-order chi connectivity index (χ0) is 9.61. The van der Waals surface area contributed by atoms with Crippen molar-refractivity contribution in [2.45, 2.75) is 39.2 Å². The molecule has 0 aromatic rings. The van der Waals surface area contributed by atoms with Crippen LogP contribution in [0.5, 0.6) is 0 Å². The number of carbonyl (C=O) groups excluding carboxylic acids is 1. The van der Waals surface area contributed by atoms with E-state index in [9.17, 15) is 4.79 Å². The van der Waals surface area contributed by atoms with Gasteiger partial charge in [0.25, 0.3) is 0 Å². The first kappa shape index (κ1) is 11.4. The summed E-state index contributed by atoms with van der Waals surface area (Å²) in [6.45, 7) is 6.49. The van der Waals surface area contributed by atoms with E-state index in [1.807, 2.05) is 27.8 Å². The molecule has 0 saturated heterocycles. The van der Waals surface area contributed by atoms with Crippen LogP contribution in [0.2, 0.25) is 0 Å². The molecule has 3 heteroatoms. The molecule has 0 aromatic heterocycles. The Kier molecular flexibility index (Phi) is 4.90. The Bertz CT molecular complexity index is 138. The Labute approximate surface area is 74.5 Å². The lowest BCUT2D eigenvalue weighted by atomic mass is 10.2. The van der Waals surface area contributed by atoms with Gasteiger partial charge in [0.2, 0.25) is 0 Å². The first-order valence-electron chi connectivity index (χ1n) is 4.32. The lowest BCUT2D eigenvalue weighted by molar-refractivity contribution is -0.154. The van der Waals surface area contributed by atoms with Crippen LogP contribution in [0.4, 0.5) is 0 Å². The summed E-state index contributed by atoms with van der Waals surface area (Å²) in [7, 11) is 1.87. The third kappa shape index (κ3) is 7.54. The highest BCUT2D eigenvalue weighted by atomic mass is 16.6. The van der Waals surface area contributed by atoms with E-state index in [1.165, 1.54) is 0 Å². The Balaban J connectivity index is 3.47. The lowest BCUT2D eigenvalue weighted by Crippen LogP contribution is -2.24. The van der Waals surface area contributed by atoms with Crippen molar-refractivity contribution in [3.63, 3.8) is 0 Å². The number of rotatable bonds is 4. The fraction of sp³-hybridized carbons (Fsp3) is 0.889. The van der Waals surface area contributed by atoms with Gasteiger partial charge in [-0.2, -0.15) is 0 Å². The second-order valence-corrected chi connectivity index (χ2v) is 3.79. The molecule has 0 saturated carbocycles. The van der Waals surface area contributed by atoms with E-state index in [-0.39, 0.29) is 11.6 Å². The topological polar surface area (TPSA) is 38.3 Å². The van der Waals surface area contributed by atoms with E-state index >= 15 is 0 Å². The van der Waals surface area contributed by atoms with Crippen LogP contribution < -0.4 is 5.32 Å². The largest absolute Gasteiger partial charge is 0.460 e. The average molecular weight is 173 g/mol. The number of nitrogens with one attached hydrogen (secondary N) is 1. The number of hydrogen-bond acceptors (Lipinski definition) is 3. The molecule has 0 fully saturated rings. The molecule has 0 atom stereocenters. The second kappa shape index (κ2) is 5.14. The van der Waals surface area contributed by atoms with Gasteiger partial charge in [-0.15, -0.1) is 0 Å². The molecular weight excluding hydrogens is 154 g/mol. The number of esters is 1. The zero-order valence-electron chi connectivity index (χ0n) is 8.44. The van der Waals surface area contributed by atoms with E-state index in [4.69, 9.17) is 4.74 Å². The molecule has 3 nitrogen and oxygen atoms in total. The Morgan fingerprint density at radius 3 is 2.42 bits per heavy atom. The van der Waals surface area contributed by atoms with Crippen LogP contribution >= 0.6 is 0 Å². The van der Waals surface area contributed by atoms with Crippen LogP contribution in [0, 0.1) is 0 Å². The van der Waals surface area contributed by atoms with Crippen molar-refractivity contribution >= 4 is 5.97 Å². The molecular formula is C9H19NO2. The smallest absolute Gasteiger partial charge is 0.306 e. The molecule has 0 amide bonds. The molecule has 0 radical (unpaired) electrons. The summed E-state index contributed by atoms with van der Waals surface area (Å²) in [5, 5.41) is 2.98. The van der Waals surface area contributed by atoms with Crippen LogP contribution in [0.1, 0.15) is 33.6 Å².